The number of hydrogen-bond donors (Lipinski definition) is 0. The molecule has 1 unspecified atom stereocenters. The topological polar surface area (TPSA) is 60.2 Å². The molecule has 2 aromatic heterocycles. The van der Waals surface area contributed by atoms with Crippen LogP contribution in [0.1, 0.15) is 27.3 Å². The van der Waals surface area contributed by atoms with E-state index in [0.717, 1.165) is 28.9 Å². The minimum absolute atomic E-state index is 0.0380. The number of ether oxygens (including phenoxy) is 1. The van der Waals surface area contributed by atoms with E-state index in [-0.39, 0.29) is 11.8 Å². The van der Waals surface area contributed by atoms with Gasteiger partial charge < -0.3 is 9.64 Å². The Morgan fingerprint density at radius 1 is 1.12 bits per heavy atom. The zero-order valence-electron chi connectivity index (χ0n) is 19.1. The molecular weight excluding hydrogens is 412 g/mol. The SMILES string of the molecule is Cc1cc(C)n(-c2cccc(C(=O)N3CCOCC(Cc4cccc5cnccc45)C3)c2)n1. The van der Waals surface area contributed by atoms with Gasteiger partial charge >= 0.3 is 0 Å². The lowest BCUT2D eigenvalue weighted by atomic mass is 9.95. The van der Waals surface area contributed by atoms with Crippen molar-refractivity contribution in [3.05, 3.63) is 89.5 Å². The summed E-state index contributed by atoms with van der Waals surface area (Å²) in [6, 6.07) is 18.2. The molecule has 168 valence electrons. The summed E-state index contributed by atoms with van der Waals surface area (Å²) in [5.41, 5.74) is 4.85. The number of amides is 1. The summed E-state index contributed by atoms with van der Waals surface area (Å²) < 4.78 is 7.78. The van der Waals surface area contributed by atoms with E-state index in [2.05, 4.69) is 34.3 Å². The van der Waals surface area contributed by atoms with E-state index in [4.69, 9.17) is 4.74 Å². The van der Waals surface area contributed by atoms with E-state index in [9.17, 15) is 4.79 Å². The van der Waals surface area contributed by atoms with Gasteiger partial charge in [-0.2, -0.15) is 5.10 Å². The highest BCUT2D eigenvalue weighted by Crippen LogP contribution is 2.23. The highest BCUT2D eigenvalue weighted by molar-refractivity contribution is 5.94. The van der Waals surface area contributed by atoms with Crippen LogP contribution < -0.4 is 0 Å². The lowest BCUT2D eigenvalue weighted by molar-refractivity contribution is 0.0737. The molecule has 0 N–H and O–H groups in total. The summed E-state index contributed by atoms with van der Waals surface area (Å²) in [5, 5.41) is 6.91. The Morgan fingerprint density at radius 2 is 2.00 bits per heavy atom. The average molecular weight is 441 g/mol. The quantitative estimate of drug-likeness (QED) is 0.473. The first-order valence-corrected chi connectivity index (χ1v) is 11.4. The molecule has 33 heavy (non-hydrogen) atoms. The maximum Gasteiger partial charge on any atom is 0.254 e. The van der Waals surface area contributed by atoms with Gasteiger partial charge in [0.25, 0.3) is 5.91 Å². The van der Waals surface area contributed by atoms with Crippen LogP contribution in [0.25, 0.3) is 16.5 Å². The van der Waals surface area contributed by atoms with E-state index < -0.39 is 0 Å². The van der Waals surface area contributed by atoms with Crippen LogP contribution >= 0.6 is 0 Å². The molecule has 0 bridgehead atoms. The Morgan fingerprint density at radius 3 is 2.85 bits per heavy atom. The molecule has 3 heterocycles. The number of carbonyl (C=O) groups excluding carboxylic acids is 1. The highest BCUT2D eigenvalue weighted by atomic mass is 16.5. The fourth-order valence-electron chi connectivity index (χ4n) is 4.71. The molecule has 1 aliphatic heterocycles. The van der Waals surface area contributed by atoms with Gasteiger partial charge in [0, 0.05) is 48.0 Å². The van der Waals surface area contributed by atoms with Gasteiger partial charge in [0.1, 0.15) is 0 Å². The van der Waals surface area contributed by atoms with Gasteiger partial charge in [-0.15, -0.1) is 0 Å². The molecule has 1 saturated heterocycles. The zero-order chi connectivity index (χ0) is 22.8. The third-order valence-electron chi connectivity index (χ3n) is 6.25. The predicted molar refractivity (Wildman–Crippen MR) is 129 cm³/mol. The van der Waals surface area contributed by atoms with E-state index in [1.165, 1.54) is 10.9 Å². The molecule has 1 amide bonds. The van der Waals surface area contributed by atoms with Gasteiger partial charge in [0.2, 0.25) is 0 Å². The maximum absolute atomic E-state index is 13.5. The summed E-state index contributed by atoms with van der Waals surface area (Å²) >= 11 is 0. The monoisotopic (exact) mass is 440 g/mol. The molecule has 0 radical (unpaired) electrons. The Labute approximate surface area is 193 Å². The minimum Gasteiger partial charge on any atom is -0.379 e. The summed E-state index contributed by atoms with van der Waals surface area (Å²) in [7, 11) is 0. The third-order valence-corrected chi connectivity index (χ3v) is 6.25. The van der Waals surface area contributed by atoms with Crippen LogP contribution in [0.4, 0.5) is 0 Å². The van der Waals surface area contributed by atoms with Gasteiger partial charge in [-0.1, -0.05) is 24.3 Å². The number of rotatable bonds is 4. The predicted octanol–water partition coefficient (Wildman–Crippen LogP) is 4.37. The number of aryl methyl sites for hydroxylation is 2. The molecule has 5 rings (SSSR count). The van der Waals surface area contributed by atoms with Crippen LogP contribution in [0.3, 0.4) is 0 Å². The van der Waals surface area contributed by atoms with Gasteiger partial charge in [0.15, 0.2) is 0 Å². The van der Waals surface area contributed by atoms with Crippen LogP contribution in [-0.4, -0.2) is 51.9 Å². The van der Waals surface area contributed by atoms with Crippen LogP contribution in [-0.2, 0) is 11.2 Å². The second kappa shape index (κ2) is 9.16. The van der Waals surface area contributed by atoms with Crippen molar-refractivity contribution in [1.29, 1.82) is 0 Å². The fraction of sp³-hybridized carbons (Fsp3) is 0.296. The van der Waals surface area contributed by atoms with Crippen molar-refractivity contribution in [1.82, 2.24) is 19.7 Å². The molecule has 4 aromatic rings. The van der Waals surface area contributed by atoms with Crippen molar-refractivity contribution in [2.45, 2.75) is 20.3 Å². The number of fused-ring (bicyclic) bond motifs is 1. The van der Waals surface area contributed by atoms with Crippen molar-refractivity contribution in [3.63, 3.8) is 0 Å². The first-order valence-electron chi connectivity index (χ1n) is 11.4. The Bertz CT molecular complexity index is 1290. The molecule has 1 atom stereocenters. The van der Waals surface area contributed by atoms with Gasteiger partial charge in [-0.05, 0) is 61.5 Å². The van der Waals surface area contributed by atoms with Crippen molar-refractivity contribution in [2.75, 3.05) is 26.3 Å². The molecule has 0 saturated carbocycles. The summed E-state index contributed by atoms with van der Waals surface area (Å²) in [6.45, 7) is 6.47. The average Bonchev–Trinajstić information content (AvgIpc) is 3.02. The Balaban J connectivity index is 1.36. The molecule has 0 spiro atoms. The van der Waals surface area contributed by atoms with E-state index in [1.54, 1.807) is 0 Å². The summed E-state index contributed by atoms with van der Waals surface area (Å²) in [6.07, 6.45) is 4.59. The smallest absolute Gasteiger partial charge is 0.254 e. The van der Waals surface area contributed by atoms with Crippen molar-refractivity contribution >= 4 is 16.7 Å². The van der Waals surface area contributed by atoms with E-state index in [0.29, 0.717) is 31.9 Å². The first kappa shape index (κ1) is 21.3. The number of aromatic nitrogens is 3. The largest absolute Gasteiger partial charge is 0.379 e. The number of hydrogen-bond acceptors (Lipinski definition) is 4. The standard InChI is InChI=1S/C27H28N4O2/c1-19-13-20(2)31(29-19)25-8-4-6-23(15-25)27(32)30-11-12-33-18-21(17-30)14-22-5-3-7-24-16-28-10-9-26(22)24/h3-10,13,15-16,21H,11-12,14,17-18H2,1-2H3. The second-order valence-electron chi connectivity index (χ2n) is 8.80. The molecule has 1 fully saturated rings. The normalized spacial score (nSPS) is 16.7. The molecule has 0 aliphatic carbocycles. The minimum atomic E-state index is 0.0380. The van der Waals surface area contributed by atoms with Crippen LogP contribution in [0, 0.1) is 19.8 Å². The maximum atomic E-state index is 13.5. The first-order chi connectivity index (χ1) is 16.1. The molecule has 6 heteroatoms. The second-order valence-corrected chi connectivity index (χ2v) is 8.80. The van der Waals surface area contributed by atoms with E-state index in [1.807, 2.05) is 66.2 Å². The Kier molecular flexibility index (Phi) is 5.92. The summed E-state index contributed by atoms with van der Waals surface area (Å²) in [4.78, 5) is 19.6. The summed E-state index contributed by atoms with van der Waals surface area (Å²) in [5.74, 6) is 0.269. The molecule has 6 nitrogen and oxygen atoms in total. The van der Waals surface area contributed by atoms with Gasteiger partial charge in [-0.3, -0.25) is 9.78 Å². The van der Waals surface area contributed by atoms with Crippen LogP contribution in [0.5, 0.6) is 0 Å². The van der Waals surface area contributed by atoms with Crippen molar-refractivity contribution in [2.24, 2.45) is 5.92 Å². The van der Waals surface area contributed by atoms with Crippen molar-refractivity contribution in [3.8, 4) is 5.69 Å². The van der Waals surface area contributed by atoms with E-state index >= 15 is 0 Å². The molecule has 2 aromatic carbocycles. The zero-order valence-corrected chi connectivity index (χ0v) is 19.1. The highest BCUT2D eigenvalue weighted by Gasteiger charge is 2.24. The van der Waals surface area contributed by atoms with Gasteiger partial charge in [0.05, 0.1) is 24.6 Å². The Hall–Kier alpha value is -3.51. The number of pyridine rings is 1. The third kappa shape index (κ3) is 4.52. The number of nitrogens with zero attached hydrogens (tertiary/aromatic N) is 4. The fourth-order valence-corrected chi connectivity index (χ4v) is 4.71. The molecule has 1 aliphatic rings. The number of carbonyl (C=O) groups is 1. The number of benzene rings is 2. The molecular formula is C27H28N4O2. The van der Waals surface area contributed by atoms with Crippen molar-refractivity contribution < 1.29 is 9.53 Å². The van der Waals surface area contributed by atoms with Crippen LogP contribution in [0.2, 0.25) is 0 Å². The van der Waals surface area contributed by atoms with Crippen LogP contribution in [0.15, 0.2) is 67.0 Å². The van der Waals surface area contributed by atoms with Gasteiger partial charge in [-0.25, -0.2) is 4.68 Å². The lowest BCUT2D eigenvalue weighted by Gasteiger charge is -2.24. The lowest BCUT2D eigenvalue weighted by Crippen LogP contribution is -2.36.